The topological polar surface area (TPSA) is 82.8 Å². The van der Waals surface area contributed by atoms with Crippen molar-refractivity contribution >= 4 is 29.2 Å². The van der Waals surface area contributed by atoms with Gasteiger partial charge in [0.25, 0.3) is 5.56 Å². The summed E-state index contributed by atoms with van der Waals surface area (Å²) in [5, 5.41) is 4.94. The second-order valence-corrected chi connectivity index (χ2v) is 8.31. The lowest BCUT2D eigenvalue weighted by atomic mass is 10.2. The summed E-state index contributed by atoms with van der Waals surface area (Å²) in [6.45, 7) is 6.16. The lowest BCUT2D eigenvalue weighted by Crippen LogP contribution is -2.23. The van der Waals surface area contributed by atoms with Gasteiger partial charge >= 0.3 is 5.97 Å². The molecule has 3 aromatic carbocycles. The van der Waals surface area contributed by atoms with Gasteiger partial charge in [-0.1, -0.05) is 56.3 Å². The van der Waals surface area contributed by atoms with Crippen molar-refractivity contribution in [2.75, 3.05) is 6.61 Å². The average Bonchev–Trinajstić information content (AvgIpc) is 2.89. The van der Waals surface area contributed by atoms with Crippen LogP contribution in [0.3, 0.4) is 0 Å². The number of nitrogens with zero attached hydrogens (tertiary/aromatic N) is 3. The van der Waals surface area contributed by atoms with Gasteiger partial charge in [0.15, 0.2) is 11.5 Å². The van der Waals surface area contributed by atoms with Crippen LogP contribution >= 0.6 is 0 Å². The third-order valence-corrected chi connectivity index (χ3v) is 5.31. The Balaban J connectivity index is 1.61. The summed E-state index contributed by atoms with van der Waals surface area (Å²) in [5.74, 6) is 0.733. The predicted octanol–water partition coefficient (Wildman–Crippen LogP) is 5.42. The molecule has 7 heteroatoms. The Morgan fingerprint density at radius 3 is 2.50 bits per heavy atom. The maximum absolute atomic E-state index is 13.1. The van der Waals surface area contributed by atoms with Crippen LogP contribution < -0.4 is 15.0 Å². The molecule has 0 aliphatic rings. The molecule has 0 saturated carbocycles. The van der Waals surface area contributed by atoms with Crippen molar-refractivity contribution in [3.8, 4) is 11.5 Å². The zero-order chi connectivity index (χ0) is 25.5. The van der Waals surface area contributed by atoms with Crippen LogP contribution in [-0.4, -0.2) is 28.5 Å². The molecule has 0 aliphatic carbocycles. The first-order valence-corrected chi connectivity index (χ1v) is 11.7. The molecule has 0 amide bonds. The van der Waals surface area contributed by atoms with Crippen LogP contribution in [0.2, 0.25) is 0 Å². The fourth-order valence-electron chi connectivity index (χ4n) is 3.58. The number of para-hydroxylation sites is 1. The number of carbonyl (C=O) groups excluding carboxylic acids is 1. The molecule has 0 atom stereocenters. The number of rotatable bonds is 8. The van der Waals surface area contributed by atoms with E-state index in [0.29, 0.717) is 40.4 Å². The Hall–Kier alpha value is -4.52. The molecule has 0 radical (unpaired) electrons. The first kappa shape index (κ1) is 24.6. The molecular weight excluding hydrogens is 454 g/mol. The number of aromatic nitrogens is 2. The first-order chi connectivity index (χ1) is 17.5. The zero-order valence-electron chi connectivity index (χ0n) is 20.4. The summed E-state index contributed by atoms with van der Waals surface area (Å²) in [6.07, 6.45) is 4.62. The van der Waals surface area contributed by atoms with Gasteiger partial charge < -0.3 is 9.47 Å². The molecule has 7 nitrogen and oxygen atoms in total. The van der Waals surface area contributed by atoms with E-state index in [1.54, 1.807) is 42.6 Å². The van der Waals surface area contributed by atoms with Crippen molar-refractivity contribution in [3.63, 3.8) is 0 Å². The highest BCUT2D eigenvalue weighted by atomic mass is 16.6. The smallest absolute Gasteiger partial charge is 0.336 e. The minimum absolute atomic E-state index is 0.0100. The van der Waals surface area contributed by atoms with Crippen LogP contribution in [0.4, 0.5) is 0 Å². The van der Waals surface area contributed by atoms with Crippen LogP contribution in [0.15, 0.2) is 88.8 Å². The number of benzene rings is 3. The molecule has 0 aliphatic heterocycles. The number of carbonyl (C=O) groups is 1. The normalized spacial score (nSPS) is 11.6. The first-order valence-electron chi connectivity index (χ1n) is 11.7. The van der Waals surface area contributed by atoms with Crippen molar-refractivity contribution < 1.29 is 14.3 Å². The van der Waals surface area contributed by atoms with E-state index in [2.05, 4.69) is 10.1 Å². The molecule has 0 N–H and O–H groups in total. The van der Waals surface area contributed by atoms with E-state index in [9.17, 15) is 9.59 Å². The SMILES string of the molecule is CCOc1cc(C=Nn2c(C(C)C)nc3ccccc3c2=O)ccc1OC(=O)/C=C/c1ccccc1. The zero-order valence-corrected chi connectivity index (χ0v) is 20.4. The fraction of sp³-hybridized carbons (Fsp3) is 0.172. The van der Waals surface area contributed by atoms with Crippen LogP contribution in [0.1, 0.15) is 43.6 Å². The molecule has 0 spiro atoms. The number of fused-ring (bicyclic) bond motifs is 1. The van der Waals surface area contributed by atoms with E-state index in [0.717, 1.165) is 5.56 Å². The van der Waals surface area contributed by atoms with Gasteiger partial charge in [-0.2, -0.15) is 9.78 Å². The predicted molar refractivity (Wildman–Crippen MR) is 142 cm³/mol. The Labute approximate surface area is 209 Å². The van der Waals surface area contributed by atoms with Gasteiger partial charge in [-0.15, -0.1) is 0 Å². The highest BCUT2D eigenvalue weighted by Gasteiger charge is 2.14. The monoisotopic (exact) mass is 481 g/mol. The van der Waals surface area contributed by atoms with Gasteiger partial charge in [0, 0.05) is 12.0 Å². The number of hydrogen-bond acceptors (Lipinski definition) is 6. The largest absolute Gasteiger partial charge is 0.490 e. The molecule has 0 unspecified atom stereocenters. The average molecular weight is 482 g/mol. The van der Waals surface area contributed by atoms with Crippen molar-refractivity contribution in [1.82, 2.24) is 9.66 Å². The van der Waals surface area contributed by atoms with Gasteiger partial charge in [-0.25, -0.2) is 9.78 Å². The molecule has 4 rings (SSSR count). The van der Waals surface area contributed by atoms with Gasteiger partial charge in [-0.05, 0) is 54.5 Å². The summed E-state index contributed by atoms with van der Waals surface area (Å²) in [6, 6.07) is 21.8. The molecule has 1 aromatic heterocycles. The summed E-state index contributed by atoms with van der Waals surface area (Å²) >= 11 is 0. The maximum atomic E-state index is 13.1. The molecule has 36 heavy (non-hydrogen) atoms. The van der Waals surface area contributed by atoms with Crippen molar-refractivity contribution in [2.24, 2.45) is 5.10 Å². The summed E-state index contributed by atoms with van der Waals surface area (Å²) < 4.78 is 12.5. The van der Waals surface area contributed by atoms with Gasteiger partial charge in [0.05, 0.1) is 23.7 Å². The highest BCUT2D eigenvalue weighted by molar-refractivity contribution is 5.89. The molecular formula is C29H27N3O4. The van der Waals surface area contributed by atoms with Crippen LogP contribution in [-0.2, 0) is 4.79 Å². The van der Waals surface area contributed by atoms with Crippen molar-refractivity contribution in [3.05, 3.63) is 106 Å². The van der Waals surface area contributed by atoms with Crippen LogP contribution in [0.25, 0.3) is 17.0 Å². The third-order valence-electron chi connectivity index (χ3n) is 5.31. The number of ether oxygens (including phenoxy) is 2. The van der Waals surface area contributed by atoms with E-state index in [1.807, 2.05) is 63.2 Å². The van der Waals surface area contributed by atoms with Gasteiger partial charge in [-0.3, -0.25) is 4.79 Å². The second kappa shape index (κ2) is 11.3. The molecule has 0 fully saturated rings. The summed E-state index contributed by atoms with van der Waals surface area (Å²) in [5.41, 5.74) is 1.98. The van der Waals surface area contributed by atoms with Crippen molar-refractivity contribution in [2.45, 2.75) is 26.7 Å². The Morgan fingerprint density at radius 2 is 1.75 bits per heavy atom. The van der Waals surface area contributed by atoms with Gasteiger partial charge in [0.2, 0.25) is 0 Å². The Bertz CT molecular complexity index is 1490. The number of hydrogen-bond donors (Lipinski definition) is 0. The van der Waals surface area contributed by atoms with Crippen molar-refractivity contribution in [1.29, 1.82) is 0 Å². The van der Waals surface area contributed by atoms with E-state index >= 15 is 0 Å². The third kappa shape index (κ3) is 5.75. The van der Waals surface area contributed by atoms with E-state index in [1.165, 1.54) is 10.8 Å². The lowest BCUT2D eigenvalue weighted by molar-refractivity contribution is -0.129. The van der Waals surface area contributed by atoms with Gasteiger partial charge in [0.1, 0.15) is 5.82 Å². The van der Waals surface area contributed by atoms with E-state index < -0.39 is 5.97 Å². The van der Waals surface area contributed by atoms with E-state index in [4.69, 9.17) is 9.47 Å². The minimum atomic E-state index is -0.517. The summed E-state index contributed by atoms with van der Waals surface area (Å²) in [4.78, 5) is 30.1. The quantitative estimate of drug-likeness (QED) is 0.145. The standard InChI is InChI=1S/C29H27N3O4/c1-4-35-26-18-22(14-16-25(26)36-27(33)17-15-21-10-6-5-7-11-21)19-30-32-28(20(2)3)31-24-13-9-8-12-23(24)29(32)34/h5-20H,4H2,1-3H3/b17-15+,30-19?. The second-order valence-electron chi connectivity index (χ2n) is 8.31. The highest BCUT2D eigenvalue weighted by Crippen LogP contribution is 2.28. The fourth-order valence-corrected chi connectivity index (χ4v) is 3.58. The molecule has 182 valence electrons. The molecule has 1 heterocycles. The van der Waals surface area contributed by atoms with E-state index in [-0.39, 0.29) is 11.5 Å². The Kier molecular flexibility index (Phi) is 7.70. The molecule has 4 aromatic rings. The van der Waals surface area contributed by atoms with Crippen LogP contribution in [0.5, 0.6) is 11.5 Å². The maximum Gasteiger partial charge on any atom is 0.336 e. The Morgan fingerprint density at radius 1 is 1.00 bits per heavy atom. The lowest BCUT2D eigenvalue weighted by Gasteiger charge is -2.12. The summed E-state index contributed by atoms with van der Waals surface area (Å²) in [7, 11) is 0. The van der Waals surface area contributed by atoms with Crippen LogP contribution in [0, 0.1) is 0 Å². The molecule has 0 saturated heterocycles. The minimum Gasteiger partial charge on any atom is -0.490 e. The molecule has 0 bridgehead atoms. The number of esters is 1.